The highest BCUT2D eigenvalue weighted by Gasteiger charge is 2.32. The predicted octanol–water partition coefficient (Wildman–Crippen LogP) is 3.26. The van der Waals surface area contributed by atoms with Crippen LogP contribution in [0.15, 0.2) is 66.1 Å². The number of methoxy groups -OCH3 is 1. The molecule has 2 aromatic rings. The Bertz CT molecular complexity index is 835. The molecule has 0 N–H and O–H groups in total. The number of hydrogen-bond donors (Lipinski definition) is 0. The molecular formula is C20H18N2O3. The van der Waals surface area contributed by atoms with E-state index in [0.717, 1.165) is 16.7 Å². The summed E-state index contributed by atoms with van der Waals surface area (Å²) in [5.74, 6) is -0.434. The van der Waals surface area contributed by atoms with Gasteiger partial charge in [-0.15, -0.1) is 0 Å². The SMILES string of the molecule is COC(=O)/C(C#N)=C1/OC(c2ccc(-c3ccccc3)cc2)CN1C. The molecule has 1 fully saturated rings. The second kappa shape index (κ2) is 7.10. The molecule has 1 saturated heterocycles. The number of nitriles is 1. The van der Waals surface area contributed by atoms with Crippen LogP contribution in [-0.2, 0) is 14.3 Å². The minimum atomic E-state index is -0.690. The molecule has 0 radical (unpaired) electrons. The van der Waals surface area contributed by atoms with E-state index >= 15 is 0 Å². The number of likely N-dealkylation sites (N-methyl/N-ethyl adjacent to an activating group) is 1. The molecule has 0 aliphatic carbocycles. The van der Waals surface area contributed by atoms with Gasteiger partial charge in [-0.3, -0.25) is 0 Å². The zero-order chi connectivity index (χ0) is 17.8. The van der Waals surface area contributed by atoms with Gasteiger partial charge in [-0.25, -0.2) is 4.79 Å². The molecule has 5 nitrogen and oxygen atoms in total. The van der Waals surface area contributed by atoms with E-state index in [4.69, 9.17) is 4.74 Å². The summed E-state index contributed by atoms with van der Waals surface area (Å²) >= 11 is 0. The fourth-order valence-electron chi connectivity index (χ4n) is 2.82. The van der Waals surface area contributed by atoms with Crippen LogP contribution in [0.3, 0.4) is 0 Å². The number of esters is 1. The van der Waals surface area contributed by atoms with E-state index in [-0.39, 0.29) is 17.6 Å². The molecule has 0 aromatic heterocycles. The van der Waals surface area contributed by atoms with Crippen molar-refractivity contribution in [2.24, 2.45) is 0 Å². The third kappa shape index (κ3) is 3.33. The van der Waals surface area contributed by atoms with E-state index in [0.29, 0.717) is 6.54 Å². The number of hydrogen-bond acceptors (Lipinski definition) is 5. The quantitative estimate of drug-likeness (QED) is 0.490. The zero-order valence-electron chi connectivity index (χ0n) is 14.1. The van der Waals surface area contributed by atoms with Crippen molar-refractivity contribution in [1.29, 1.82) is 5.26 Å². The summed E-state index contributed by atoms with van der Waals surface area (Å²) < 4.78 is 10.5. The average Bonchev–Trinajstić information content (AvgIpc) is 3.04. The van der Waals surface area contributed by atoms with E-state index < -0.39 is 5.97 Å². The van der Waals surface area contributed by atoms with Gasteiger partial charge in [-0.05, 0) is 16.7 Å². The first-order chi connectivity index (χ1) is 12.1. The van der Waals surface area contributed by atoms with Crippen LogP contribution < -0.4 is 0 Å². The Morgan fingerprint density at radius 1 is 1.16 bits per heavy atom. The van der Waals surface area contributed by atoms with E-state index in [1.807, 2.05) is 48.5 Å². The Morgan fingerprint density at radius 3 is 2.40 bits per heavy atom. The maximum atomic E-state index is 11.7. The summed E-state index contributed by atoms with van der Waals surface area (Å²) in [5, 5.41) is 9.21. The number of carbonyl (C=O) groups is 1. The normalized spacial score (nSPS) is 18.3. The highest BCUT2D eigenvalue weighted by molar-refractivity contribution is 5.93. The van der Waals surface area contributed by atoms with Crippen LogP contribution in [0.25, 0.3) is 11.1 Å². The van der Waals surface area contributed by atoms with Gasteiger partial charge in [0.05, 0.1) is 13.7 Å². The Labute approximate surface area is 146 Å². The minimum absolute atomic E-state index is 0.117. The largest absolute Gasteiger partial charge is 0.468 e. The smallest absolute Gasteiger partial charge is 0.354 e. The highest BCUT2D eigenvalue weighted by atomic mass is 16.5. The van der Waals surface area contributed by atoms with E-state index in [9.17, 15) is 10.1 Å². The second-order valence-electron chi connectivity index (χ2n) is 5.76. The lowest BCUT2D eigenvalue weighted by molar-refractivity contribution is -0.136. The van der Waals surface area contributed by atoms with Gasteiger partial charge in [-0.1, -0.05) is 54.6 Å². The van der Waals surface area contributed by atoms with Crippen molar-refractivity contribution >= 4 is 5.97 Å². The van der Waals surface area contributed by atoms with Crippen molar-refractivity contribution in [3.8, 4) is 17.2 Å². The van der Waals surface area contributed by atoms with Crippen LogP contribution in [-0.4, -0.2) is 31.6 Å². The molecule has 0 amide bonds. The summed E-state index contributed by atoms with van der Waals surface area (Å²) in [6.45, 7) is 0.558. The van der Waals surface area contributed by atoms with Gasteiger partial charge in [0.2, 0.25) is 5.88 Å². The number of carbonyl (C=O) groups excluding carboxylic acids is 1. The van der Waals surface area contributed by atoms with Crippen molar-refractivity contribution in [2.75, 3.05) is 20.7 Å². The molecule has 0 spiro atoms. The lowest BCUT2D eigenvalue weighted by Gasteiger charge is -2.11. The lowest BCUT2D eigenvalue weighted by atomic mass is 10.0. The molecule has 1 unspecified atom stereocenters. The Kier molecular flexibility index (Phi) is 4.71. The number of benzene rings is 2. The number of ether oxygens (including phenoxy) is 2. The average molecular weight is 334 g/mol. The summed E-state index contributed by atoms with van der Waals surface area (Å²) in [7, 11) is 3.03. The molecule has 126 valence electrons. The van der Waals surface area contributed by atoms with Crippen LogP contribution in [0.4, 0.5) is 0 Å². The molecule has 0 saturated carbocycles. The zero-order valence-corrected chi connectivity index (χ0v) is 14.1. The first kappa shape index (κ1) is 16.6. The molecule has 1 atom stereocenters. The van der Waals surface area contributed by atoms with Gasteiger partial charge in [0, 0.05) is 7.05 Å². The maximum absolute atomic E-state index is 11.7. The van der Waals surface area contributed by atoms with Gasteiger partial charge in [-0.2, -0.15) is 5.26 Å². The fraction of sp³-hybridized carbons (Fsp3) is 0.200. The van der Waals surface area contributed by atoms with E-state index in [1.165, 1.54) is 7.11 Å². The molecule has 0 bridgehead atoms. The summed E-state index contributed by atoms with van der Waals surface area (Å²) in [4.78, 5) is 13.5. The summed E-state index contributed by atoms with van der Waals surface area (Å²) in [5.41, 5.74) is 3.15. The third-order valence-corrected chi connectivity index (χ3v) is 4.15. The van der Waals surface area contributed by atoms with Crippen molar-refractivity contribution < 1.29 is 14.3 Å². The second-order valence-corrected chi connectivity index (χ2v) is 5.76. The first-order valence-electron chi connectivity index (χ1n) is 7.90. The van der Waals surface area contributed by atoms with Gasteiger partial charge in [0.15, 0.2) is 5.57 Å². The van der Waals surface area contributed by atoms with Gasteiger partial charge < -0.3 is 14.4 Å². The molecule has 1 aliphatic heterocycles. The summed E-state index contributed by atoms with van der Waals surface area (Å²) in [6.07, 6.45) is -0.238. The molecule has 2 aromatic carbocycles. The Morgan fingerprint density at radius 2 is 1.80 bits per heavy atom. The van der Waals surface area contributed by atoms with Crippen LogP contribution in [0.2, 0.25) is 0 Å². The standard InChI is InChI=1S/C20H18N2O3/c1-22-13-18(25-19(22)17(12-21)20(23)24-2)16-10-8-15(9-11-16)14-6-4-3-5-7-14/h3-11,18H,13H2,1-2H3/b19-17+. The first-order valence-corrected chi connectivity index (χ1v) is 7.90. The fourth-order valence-corrected chi connectivity index (χ4v) is 2.82. The topological polar surface area (TPSA) is 62.6 Å². The lowest BCUT2D eigenvalue weighted by Crippen LogP contribution is -2.17. The van der Waals surface area contributed by atoms with Crippen LogP contribution in [0, 0.1) is 11.3 Å². The van der Waals surface area contributed by atoms with Gasteiger partial charge >= 0.3 is 5.97 Å². The van der Waals surface area contributed by atoms with Crippen molar-refractivity contribution in [3.05, 3.63) is 71.6 Å². The molecule has 3 rings (SSSR count). The Hall–Kier alpha value is -3.26. The summed E-state index contributed by atoms with van der Waals surface area (Å²) in [6, 6.07) is 20.1. The molecule has 1 heterocycles. The van der Waals surface area contributed by atoms with Crippen LogP contribution >= 0.6 is 0 Å². The van der Waals surface area contributed by atoms with E-state index in [1.54, 1.807) is 11.9 Å². The molecule has 5 heteroatoms. The van der Waals surface area contributed by atoms with Crippen molar-refractivity contribution in [1.82, 2.24) is 4.90 Å². The van der Waals surface area contributed by atoms with Crippen LogP contribution in [0.1, 0.15) is 11.7 Å². The number of nitrogens with zero attached hydrogens (tertiary/aromatic N) is 2. The van der Waals surface area contributed by atoms with Crippen molar-refractivity contribution in [3.63, 3.8) is 0 Å². The van der Waals surface area contributed by atoms with Gasteiger partial charge in [0.25, 0.3) is 0 Å². The predicted molar refractivity (Wildman–Crippen MR) is 93.0 cm³/mol. The molecule has 25 heavy (non-hydrogen) atoms. The van der Waals surface area contributed by atoms with E-state index in [2.05, 4.69) is 16.9 Å². The Balaban J connectivity index is 1.83. The minimum Gasteiger partial charge on any atom is -0.468 e. The molecular weight excluding hydrogens is 316 g/mol. The monoisotopic (exact) mass is 334 g/mol. The highest BCUT2D eigenvalue weighted by Crippen LogP contribution is 2.33. The molecule has 1 aliphatic rings. The maximum Gasteiger partial charge on any atom is 0.354 e. The van der Waals surface area contributed by atoms with Gasteiger partial charge in [0.1, 0.15) is 12.2 Å². The third-order valence-electron chi connectivity index (χ3n) is 4.15. The number of rotatable bonds is 3. The van der Waals surface area contributed by atoms with Crippen molar-refractivity contribution in [2.45, 2.75) is 6.10 Å². The van der Waals surface area contributed by atoms with Crippen LogP contribution in [0.5, 0.6) is 0 Å².